The zero-order chi connectivity index (χ0) is 22.6. The van der Waals surface area contributed by atoms with Crippen LogP contribution in [0.1, 0.15) is 31.9 Å². The lowest BCUT2D eigenvalue weighted by Gasteiger charge is -2.11. The van der Waals surface area contributed by atoms with E-state index in [4.69, 9.17) is 9.94 Å². The number of benzene rings is 2. The topological polar surface area (TPSA) is 70.6 Å². The molecule has 2 rings (SSSR count). The Kier molecular flexibility index (Phi) is 11.3. The highest BCUT2D eigenvalue weighted by atomic mass is 32.2. The van der Waals surface area contributed by atoms with Crippen molar-refractivity contribution in [3.05, 3.63) is 59.7 Å². The van der Waals surface area contributed by atoms with Gasteiger partial charge in [0.1, 0.15) is 12.4 Å². The van der Waals surface area contributed by atoms with Gasteiger partial charge in [-0.25, -0.2) is 5.48 Å². The zero-order valence-corrected chi connectivity index (χ0v) is 17.9. The Labute approximate surface area is 179 Å². The Bertz CT molecular complexity index is 754. The van der Waals surface area contributed by atoms with Gasteiger partial charge in [-0.1, -0.05) is 45.0 Å². The van der Waals surface area contributed by atoms with E-state index in [1.165, 1.54) is 12.1 Å². The van der Waals surface area contributed by atoms with Gasteiger partial charge < -0.3 is 10.1 Å². The van der Waals surface area contributed by atoms with E-state index in [2.05, 4.69) is 5.32 Å². The van der Waals surface area contributed by atoms with Crippen LogP contribution in [0.15, 0.2) is 53.4 Å². The van der Waals surface area contributed by atoms with Crippen molar-refractivity contribution in [3.8, 4) is 5.75 Å². The van der Waals surface area contributed by atoms with Crippen molar-refractivity contribution in [1.29, 1.82) is 0 Å². The van der Waals surface area contributed by atoms with E-state index in [0.717, 1.165) is 11.1 Å². The van der Waals surface area contributed by atoms with Crippen LogP contribution < -0.4 is 15.5 Å². The number of carbonyl (C=O) groups is 1. The summed E-state index contributed by atoms with van der Waals surface area (Å²) < 4.78 is 42.6. The van der Waals surface area contributed by atoms with E-state index in [1.54, 1.807) is 36.7 Å². The van der Waals surface area contributed by atoms with Crippen molar-refractivity contribution in [3.63, 3.8) is 0 Å². The lowest BCUT2D eigenvalue weighted by atomic mass is 10.1. The Morgan fingerprint density at radius 3 is 2.17 bits per heavy atom. The van der Waals surface area contributed by atoms with Gasteiger partial charge in [-0.2, -0.15) is 13.2 Å². The fourth-order valence-electron chi connectivity index (χ4n) is 2.29. The summed E-state index contributed by atoms with van der Waals surface area (Å²) >= 11 is -0.145. The molecule has 2 aromatic rings. The molecular weight excluding hydrogens is 417 g/mol. The van der Waals surface area contributed by atoms with Crippen molar-refractivity contribution in [1.82, 2.24) is 10.8 Å². The molecule has 1 atom stereocenters. The number of hydroxylamine groups is 1. The fourth-order valence-corrected chi connectivity index (χ4v) is 2.83. The van der Waals surface area contributed by atoms with E-state index in [-0.39, 0.29) is 29.2 Å². The second-order valence-corrected chi connectivity index (χ2v) is 7.27. The first kappa shape index (κ1) is 25.8. The minimum Gasteiger partial charge on any atom is -0.489 e. The highest BCUT2D eigenvalue weighted by Crippen LogP contribution is 2.36. The third kappa shape index (κ3) is 10.00. The first-order valence-corrected chi connectivity index (χ1v) is 10.3. The summed E-state index contributed by atoms with van der Waals surface area (Å²) in [5.74, 6) is -0.152. The molecule has 0 spiro atoms. The summed E-state index contributed by atoms with van der Waals surface area (Å²) in [6, 6.07) is 13.4. The summed E-state index contributed by atoms with van der Waals surface area (Å²) in [5.41, 5.74) is -0.910. The van der Waals surface area contributed by atoms with Crippen molar-refractivity contribution in [2.24, 2.45) is 5.92 Å². The standard InChI is InChI=1S/C19H21F3N2O3S.C2H6/c1-13(18(25)24-26)10-23-11-14-2-6-16(7-3-14)27-12-15-4-8-17(9-5-15)28-19(20,21)22;1-2/h2-9,13,23,26H,10-12H2,1H3,(H,24,25);1-2H3. The molecule has 0 aromatic heterocycles. The number of alkyl halides is 3. The molecule has 0 aliphatic rings. The quantitative estimate of drug-likeness (QED) is 0.284. The molecule has 0 bridgehead atoms. The van der Waals surface area contributed by atoms with Crippen molar-refractivity contribution < 1.29 is 27.9 Å². The van der Waals surface area contributed by atoms with Gasteiger partial charge in [0.25, 0.3) is 0 Å². The molecule has 166 valence electrons. The van der Waals surface area contributed by atoms with Gasteiger partial charge in [-0.3, -0.25) is 10.0 Å². The Hall–Kier alpha value is -2.23. The Balaban J connectivity index is 0.00000218. The number of hydrogen-bond donors (Lipinski definition) is 3. The molecule has 0 radical (unpaired) electrons. The number of amides is 1. The van der Waals surface area contributed by atoms with Crippen LogP contribution in [0, 0.1) is 5.92 Å². The van der Waals surface area contributed by atoms with Crippen molar-refractivity contribution in [2.75, 3.05) is 6.54 Å². The molecule has 0 aliphatic carbocycles. The Morgan fingerprint density at radius 2 is 1.63 bits per heavy atom. The van der Waals surface area contributed by atoms with Crippen LogP contribution in [0.25, 0.3) is 0 Å². The monoisotopic (exact) mass is 444 g/mol. The van der Waals surface area contributed by atoms with E-state index in [9.17, 15) is 18.0 Å². The fraction of sp³-hybridized carbons (Fsp3) is 0.381. The van der Waals surface area contributed by atoms with E-state index in [1.807, 2.05) is 26.0 Å². The molecule has 3 N–H and O–H groups in total. The summed E-state index contributed by atoms with van der Waals surface area (Å²) in [6.07, 6.45) is 0. The number of carbonyl (C=O) groups excluding carboxylic acids is 1. The van der Waals surface area contributed by atoms with Crippen LogP contribution in [0.3, 0.4) is 0 Å². The van der Waals surface area contributed by atoms with Gasteiger partial charge in [0.05, 0.1) is 0 Å². The third-order valence-electron chi connectivity index (χ3n) is 3.82. The van der Waals surface area contributed by atoms with Gasteiger partial charge in [0.2, 0.25) is 5.91 Å². The van der Waals surface area contributed by atoms with Crippen LogP contribution in [0.4, 0.5) is 13.2 Å². The molecule has 0 aliphatic heterocycles. The lowest BCUT2D eigenvalue weighted by molar-refractivity contribution is -0.132. The SMILES string of the molecule is CC.CC(CNCc1ccc(OCc2ccc(SC(F)(F)F)cc2)cc1)C(=O)NO. The van der Waals surface area contributed by atoms with Crippen LogP contribution in [-0.4, -0.2) is 23.2 Å². The van der Waals surface area contributed by atoms with Crippen LogP contribution >= 0.6 is 11.8 Å². The summed E-state index contributed by atoms with van der Waals surface area (Å²) in [4.78, 5) is 11.3. The molecule has 0 fully saturated rings. The molecular formula is C21H27F3N2O3S. The molecule has 0 saturated carbocycles. The van der Waals surface area contributed by atoms with Crippen LogP contribution in [0.2, 0.25) is 0 Å². The second kappa shape index (κ2) is 13.1. The van der Waals surface area contributed by atoms with Crippen LogP contribution in [0.5, 0.6) is 5.75 Å². The predicted molar refractivity (Wildman–Crippen MR) is 111 cm³/mol. The summed E-state index contributed by atoms with van der Waals surface area (Å²) in [7, 11) is 0. The molecule has 2 aromatic carbocycles. The maximum atomic E-state index is 12.3. The third-order valence-corrected chi connectivity index (χ3v) is 4.56. The normalized spacial score (nSPS) is 11.8. The minimum absolute atomic E-state index is 0.138. The number of nitrogens with one attached hydrogen (secondary N) is 2. The van der Waals surface area contributed by atoms with Crippen LogP contribution in [-0.2, 0) is 17.9 Å². The maximum Gasteiger partial charge on any atom is 0.446 e. The largest absolute Gasteiger partial charge is 0.489 e. The highest BCUT2D eigenvalue weighted by Gasteiger charge is 2.28. The minimum atomic E-state index is -4.29. The predicted octanol–water partition coefficient (Wildman–Crippen LogP) is 5.13. The number of rotatable bonds is 9. The summed E-state index contributed by atoms with van der Waals surface area (Å²) in [6.45, 7) is 6.93. The molecule has 5 nitrogen and oxygen atoms in total. The number of halogens is 3. The average Bonchev–Trinajstić information content (AvgIpc) is 2.74. The van der Waals surface area contributed by atoms with Crippen molar-refractivity contribution >= 4 is 17.7 Å². The van der Waals surface area contributed by atoms with Gasteiger partial charge in [-0.15, -0.1) is 0 Å². The number of hydrogen-bond acceptors (Lipinski definition) is 5. The maximum absolute atomic E-state index is 12.3. The van der Waals surface area contributed by atoms with Gasteiger partial charge in [0, 0.05) is 23.9 Å². The average molecular weight is 445 g/mol. The molecule has 9 heteroatoms. The van der Waals surface area contributed by atoms with Gasteiger partial charge >= 0.3 is 5.51 Å². The smallest absolute Gasteiger partial charge is 0.446 e. The molecule has 0 saturated heterocycles. The zero-order valence-electron chi connectivity index (χ0n) is 17.1. The summed E-state index contributed by atoms with van der Waals surface area (Å²) in [5, 5.41) is 11.7. The molecule has 0 heterocycles. The van der Waals surface area contributed by atoms with E-state index >= 15 is 0 Å². The first-order valence-electron chi connectivity index (χ1n) is 9.48. The molecule has 1 unspecified atom stereocenters. The second-order valence-electron chi connectivity index (χ2n) is 6.13. The molecule has 1 amide bonds. The number of ether oxygens (including phenoxy) is 1. The lowest BCUT2D eigenvalue weighted by Crippen LogP contribution is -2.33. The van der Waals surface area contributed by atoms with Crippen molar-refractivity contribution in [2.45, 2.75) is 44.3 Å². The van der Waals surface area contributed by atoms with E-state index < -0.39 is 11.4 Å². The number of thioether (sulfide) groups is 1. The van der Waals surface area contributed by atoms with Gasteiger partial charge in [0.15, 0.2) is 0 Å². The van der Waals surface area contributed by atoms with E-state index in [0.29, 0.717) is 18.8 Å². The first-order chi connectivity index (χ1) is 14.3. The highest BCUT2D eigenvalue weighted by molar-refractivity contribution is 8.00. The van der Waals surface area contributed by atoms with Gasteiger partial charge in [-0.05, 0) is 47.2 Å². The molecule has 30 heavy (non-hydrogen) atoms. The Morgan fingerprint density at radius 1 is 1.07 bits per heavy atom.